The Morgan fingerprint density at radius 2 is 1.81 bits per heavy atom. The zero-order chi connectivity index (χ0) is 15.2. The Kier molecular flexibility index (Phi) is 5.55. The SMILES string of the molecule is COc1nc(OC)nc(N(CC2CCCCN2)C(C)C)n1. The van der Waals surface area contributed by atoms with Crippen molar-refractivity contribution in [1.29, 1.82) is 0 Å². The second-order valence-electron chi connectivity index (χ2n) is 5.50. The van der Waals surface area contributed by atoms with E-state index in [1.54, 1.807) is 14.2 Å². The Balaban J connectivity index is 2.20. The van der Waals surface area contributed by atoms with Gasteiger partial charge in [-0.2, -0.15) is 9.97 Å². The average molecular weight is 295 g/mol. The van der Waals surface area contributed by atoms with Crippen LogP contribution in [0.15, 0.2) is 0 Å². The number of ether oxygens (including phenoxy) is 2. The van der Waals surface area contributed by atoms with E-state index in [0.717, 1.165) is 13.1 Å². The van der Waals surface area contributed by atoms with Gasteiger partial charge in [-0.3, -0.25) is 0 Å². The lowest BCUT2D eigenvalue weighted by Gasteiger charge is -2.33. The molecule has 21 heavy (non-hydrogen) atoms. The maximum absolute atomic E-state index is 5.13. The Hall–Kier alpha value is -1.63. The van der Waals surface area contributed by atoms with Crippen LogP contribution in [0.3, 0.4) is 0 Å². The van der Waals surface area contributed by atoms with E-state index in [0.29, 0.717) is 12.0 Å². The molecule has 0 spiro atoms. The molecule has 7 nitrogen and oxygen atoms in total. The lowest BCUT2D eigenvalue weighted by atomic mass is 10.0. The summed E-state index contributed by atoms with van der Waals surface area (Å²) in [4.78, 5) is 14.9. The number of anilines is 1. The third kappa shape index (κ3) is 4.17. The topological polar surface area (TPSA) is 72.4 Å². The normalized spacial score (nSPS) is 18.6. The fourth-order valence-electron chi connectivity index (χ4n) is 2.48. The molecule has 1 aliphatic heterocycles. The van der Waals surface area contributed by atoms with Gasteiger partial charge in [0.1, 0.15) is 0 Å². The van der Waals surface area contributed by atoms with Gasteiger partial charge in [0, 0.05) is 18.6 Å². The molecule has 2 heterocycles. The van der Waals surface area contributed by atoms with E-state index in [1.165, 1.54) is 19.3 Å². The van der Waals surface area contributed by atoms with Crippen LogP contribution < -0.4 is 19.7 Å². The maximum atomic E-state index is 5.13. The number of hydrogen-bond donors (Lipinski definition) is 1. The fourth-order valence-corrected chi connectivity index (χ4v) is 2.48. The van der Waals surface area contributed by atoms with Crippen LogP contribution in [0.25, 0.3) is 0 Å². The molecule has 1 aromatic heterocycles. The maximum Gasteiger partial charge on any atom is 0.324 e. The number of rotatable bonds is 6. The highest BCUT2D eigenvalue weighted by Gasteiger charge is 2.22. The summed E-state index contributed by atoms with van der Waals surface area (Å²) in [5, 5.41) is 3.56. The molecule has 7 heteroatoms. The van der Waals surface area contributed by atoms with E-state index in [1.807, 2.05) is 0 Å². The standard InChI is InChI=1S/C14H25N5O2/c1-10(2)19(9-11-7-5-6-8-15-11)12-16-13(20-3)18-14(17-12)21-4/h10-11,15H,5-9H2,1-4H3. The first-order chi connectivity index (χ1) is 10.1. The number of methoxy groups -OCH3 is 2. The predicted molar refractivity (Wildman–Crippen MR) is 81.1 cm³/mol. The molecule has 1 unspecified atom stereocenters. The smallest absolute Gasteiger partial charge is 0.324 e. The molecule has 1 saturated heterocycles. The lowest BCUT2D eigenvalue weighted by Crippen LogP contribution is -2.46. The van der Waals surface area contributed by atoms with E-state index >= 15 is 0 Å². The van der Waals surface area contributed by atoms with E-state index in [9.17, 15) is 0 Å². The van der Waals surface area contributed by atoms with Gasteiger partial charge in [-0.1, -0.05) is 6.42 Å². The summed E-state index contributed by atoms with van der Waals surface area (Å²) in [5.41, 5.74) is 0. The first kappa shape index (κ1) is 15.8. The van der Waals surface area contributed by atoms with Gasteiger partial charge in [-0.05, 0) is 33.2 Å². The first-order valence-corrected chi connectivity index (χ1v) is 7.48. The molecule has 0 aliphatic carbocycles. The average Bonchev–Trinajstić information content (AvgIpc) is 2.52. The van der Waals surface area contributed by atoms with Crippen LogP contribution in [-0.2, 0) is 0 Å². The van der Waals surface area contributed by atoms with Crippen molar-refractivity contribution in [2.75, 3.05) is 32.2 Å². The summed E-state index contributed by atoms with van der Waals surface area (Å²) in [6.45, 7) is 6.21. The zero-order valence-electron chi connectivity index (χ0n) is 13.3. The molecule has 0 radical (unpaired) electrons. The highest BCUT2D eigenvalue weighted by molar-refractivity contribution is 5.34. The van der Waals surface area contributed by atoms with Gasteiger partial charge in [0.25, 0.3) is 0 Å². The van der Waals surface area contributed by atoms with Crippen LogP contribution in [0.1, 0.15) is 33.1 Å². The van der Waals surface area contributed by atoms with Crippen molar-refractivity contribution >= 4 is 5.95 Å². The molecule has 2 rings (SSSR count). The minimum absolute atomic E-state index is 0.277. The first-order valence-electron chi connectivity index (χ1n) is 7.48. The Morgan fingerprint density at radius 1 is 1.14 bits per heavy atom. The molecule has 1 atom stereocenters. The van der Waals surface area contributed by atoms with Gasteiger partial charge in [-0.15, -0.1) is 4.98 Å². The van der Waals surface area contributed by atoms with E-state index in [2.05, 4.69) is 39.0 Å². The molecule has 1 N–H and O–H groups in total. The lowest BCUT2D eigenvalue weighted by molar-refractivity contribution is 0.337. The van der Waals surface area contributed by atoms with Crippen LogP contribution >= 0.6 is 0 Å². The number of hydrogen-bond acceptors (Lipinski definition) is 7. The second kappa shape index (κ2) is 7.40. The molecule has 1 aromatic rings. The van der Waals surface area contributed by atoms with Crippen molar-refractivity contribution in [3.05, 3.63) is 0 Å². The van der Waals surface area contributed by atoms with Gasteiger partial charge < -0.3 is 19.7 Å². The molecule has 1 fully saturated rings. The van der Waals surface area contributed by atoms with Crippen molar-refractivity contribution in [3.63, 3.8) is 0 Å². The number of nitrogens with zero attached hydrogens (tertiary/aromatic N) is 4. The van der Waals surface area contributed by atoms with Crippen molar-refractivity contribution < 1.29 is 9.47 Å². The van der Waals surface area contributed by atoms with Gasteiger partial charge in [0.05, 0.1) is 14.2 Å². The summed E-state index contributed by atoms with van der Waals surface area (Å²) < 4.78 is 10.3. The molecule has 1 aliphatic rings. The van der Waals surface area contributed by atoms with Crippen LogP contribution in [0.5, 0.6) is 12.0 Å². The quantitative estimate of drug-likeness (QED) is 0.846. The van der Waals surface area contributed by atoms with Crippen molar-refractivity contribution in [2.45, 2.75) is 45.2 Å². The second-order valence-corrected chi connectivity index (χ2v) is 5.50. The summed E-state index contributed by atoms with van der Waals surface area (Å²) >= 11 is 0. The summed E-state index contributed by atoms with van der Waals surface area (Å²) in [7, 11) is 3.09. The zero-order valence-corrected chi connectivity index (χ0v) is 13.3. The Bertz CT molecular complexity index is 427. The summed E-state index contributed by atoms with van der Waals surface area (Å²) in [5.74, 6) is 0.598. The van der Waals surface area contributed by atoms with E-state index < -0.39 is 0 Å². The highest BCUT2D eigenvalue weighted by Crippen LogP contribution is 2.20. The molecule has 0 amide bonds. The number of nitrogens with one attached hydrogen (secondary N) is 1. The van der Waals surface area contributed by atoms with Gasteiger partial charge >= 0.3 is 12.0 Å². The van der Waals surface area contributed by atoms with Crippen molar-refractivity contribution in [3.8, 4) is 12.0 Å². The van der Waals surface area contributed by atoms with Gasteiger partial charge in [-0.25, -0.2) is 0 Å². The molecule has 0 saturated carbocycles. The highest BCUT2D eigenvalue weighted by atomic mass is 16.5. The Labute approximate surface area is 126 Å². The van der Waals surface area contributed by atoms with Gasteiger partial charge in [0.2, 0.25) is 5.95 Å². The molecular formula is C14H25N5O2. The van der Waals surface area contributed by atoms with E-state index in [-0.39, 0.29) is 18.1 Å². The fraction of sp³-hybridized carbons (Fsp3) is 0.786. The van der Waals surface area contributed by atoms with Crippen molar-refractivity contribution in [2.24, 2.45) is 0 Å². The molecule has 118 valence electrons. The largest absolute Gasteiger partial charge is 0.467 e. The van der Waals surface area contributed by atoms with Crippen LogP contribution in [0.4, 0.5) is 5.95 Å². The van der Waals surface area contributed by atoms with Gasteiger partial charge in [0.15, 0.2) is 0 Å². The van der Waals surface area contributed by atoms with E-state index in [4.69, 9.17) is 9.47 Å². The monoisotopic (exact) mass is 295 g/mol. The predicted octanol–water partition coefficient (Wildman–Crippen LogP) is 1.25. The van der Waals surface area contributed by atoms with Crippen LogP contribution in [-0.4, -0.2) is 54.3 Å². The van der Waals surface area contributed by atoms with Crippen LogP contribution in [0, 0.1) is 0 Å². The van der Waals surface area contributed by atoms with Crippen LogP contribution in [0.2, 0.25) is 0 Å². The third-order valence-electron chi connectivity index (χ3n) is 3.66. The molecule has 0 bridgehead atoms. The minimum Gasteiger partial charge on any atom is -0.467 e. The number of aromatic nitrogens is 3. The molecule has 0 aromatic carbocycles. The Morgan fingerprint density at radius 3 is 2.29 bits per heavy atom. The summed E-state index contributed by atoms with van der Waals surface area (Å²) in [6.07, 6.45) is 3.71. The number of piperidine rings is 1. The third-order valence-corrected chi connectivity index (χ3v) is 3.66. The molecular weight excluding hydrogens is 270 g/mol. The minimum atomic E-state index is 0.277. The summed E-state index contributed by atoms with van der Waals surface area (Å²) in [6, 6.07) is 1.30. The van der Waals surface area contributed by atoms with Crippen molar-refractivity contribution in [1.82, 2.24) is 20.3 Å².